The van der Waals surface area contributed by atoms with Gasteiger partial charge in [0.25, 0.3) is 11.8 Å². The number of pyridine rings is 1. The minimum Gasteiger partial charge on any atom is -0.322 e. The lowest BCUT2D eigenvalue weighted by atomic mass is 10.1. The van der Waals surface area contributed by atoms with Gasteiger partial charge in [0.15, 0.2) is 0 Å². The SMILES string of the molecule is CC(=NNC(=O)c1sc2cc(F)ccc2c1Cl)c1ccc(NC(=O)c2cccnc2)cc1. The van der Waals surface area contributed by atoms with Crippen molar-refractivity contribution in [3.05, 3.63) is 93.8 Å². The Morgan fingerprint density at radius 3 is 2.56 bits per heavy atom. The number of thiophene rings is 1. The Bertz CT molecular complexity index is 1340. The van der Waals surface area contributed by atoms with E-state index in [4.69, 9.17) is 11.6 Å². The van der Waals surface area contributed by atoms with Crippen LogP contribution < -0.4 is 10.7 Å². The Hall–Kier alpha value is -3.62. The summed E-state index contributed by atoms with van der Waals surface area (Å²) in [5.41, 5.74) is 4.88. The molecule has 0 aliphatic heterocycles. The van der Waals surface area contributed by atoms with Crippen LogP contribution in [0.1, 0.15) is 32.5 Å². The van der Waals surface area contributed by atoms with Crippen LogP contribution in [-0.2, 0) is 0 Å². The first-order chi connectivity index (χ1) is 15.4. The molecule has 4 rings (SSSR count). The fourth-order valence-electron chi connectivity index (χ4n) is 2.93. The van der Waals surface area contributed by atoms with Crippen LogP contribution in [0, 0.1) is 5.82 Å². The minimum atomic E-state index is -0.476. The Labute approximate surface area is 191 Å². The number of benzene rings is 2. The van der Waals surface area contributed by atoms with Crippen molar-refractivity contribution >= 4 is 56.2 Å². The molecule has 0 aliphatic carbocycles. The van der Waals surface area contributed by atoms with E-state index in [1.807, 2.05) is 0 Å². The van der Waals surface area contributed by atoms with E-state index in [9.17, 15) is 14.0 Å². The van der Waals surface area contributed by atoms with Crippen LogP contribution in [-0.4, -0.2) is 22.5 Å². The zero-order chi connectivity index (χ0) is 22.7. The molecular formula is C23H16ClFN4O2S. The molecule has 0 bridgehead atoms. The van der Waals surface area contributed by atoms with E-state index in [-0.39, 0.29) is 15.8 Å². The molecule has 160 valence electrons. The molecule has 2 N–H and O–H groups in total. The second-order valence-electron chi connectivity index (χ2n) is 6.80. The molecule has 0 unspecified atom stereocenters. The third-order valence-electron chi connectivity index (χ3n) is 4.61. The highest BCUT2D eigenvalue weighted by Crippen LogP contribution is 2.35. The number of amides is 2. The number of aromatic nitrogens is 1. The average molecular weight is 467 g/mol. The molecule has 0 aliphatic rings. The van der Waals surface area contributed by atoms with Gasteiger partial charge in [-0.15, -0.1) is 11.3 Å². The maximum atomic E-state index is 13.4. The fraction of sp³-hybridized carbons (Fsp3) is 0.0435. The molecule has 32 heavy (non-hydrogen) atoms. The summed E-state index contributed by atoms with van der Waals surface area (Å²) in [5.74, 6) is -1.13. The molecule has 2 amide bonds. The lowest BCUT2D eigenvalue weighted by molar-refractivity contribution is 0.0958. The zero-order valence-corrected chi connectivity index (χ0v) is 18.3. The Morgan fingerprint density at radius 2 is 1.84 bits per heavy atom. The van der Waals surface area contributed by atoms with Gasteiger partial charge in [-0.1, -0.05) is 23.7 Å². The van der Waals surface area contributed by atoms with Gasteiger partial charge < -0.3 is 5.32 Å². The summed E-state index contributed by atoms with van der Waals surface area (Å²) in [4.78, 5) is 28.9. The summed E-state index contributed by atoms with van der Waals surface area (Å²) in [5, 5.41) is 7.81. The molecule has 4 aromatic rings. The highest BCUT2D eigenvalue weighted by Gasteiger charge is 2.17. The molecule has 0 saturated heterocycles. The largest absolute Gasteiger partial charge is 0.322 e. The van der Waals surface area contributed by atoms with E-state index >= 15 is 0 Å². The lowest BCUT2D eigenvalue weighted by Gasteiger charge is -2.07. The number of anilines is 1. The molecule has 6 nitrogen and oxygen atoms in total. The molecule has 0 fully saturated rings. The summed E-state index contributed by atoms with van der Waals surface area (Å²) < 4.78 is 14.0. The number of halogens is 2. The highest BCUT2D eigenvalue weighted by molar-refractivity contribution is 7.21. The van der Waals surface area contributed by atoms with Gasteiger partial charge in [-0.05, 0) is 55.0 Å². The third-order valence-corrected chi connectivity index (χ3v) is 6.26. The maximum absolute atomic E-state index is 13.4. The molecule has 2 aromatic heterocycles. The van der Waals surface area contributed by atoms with Crippen molar-refractivity contribution in [2.75, 3.05) is 5.32 Å². The van der Waals surface area contributed by atoms with E-state index in [0.717, 1.165) is 16.9 Å². The molecule has 2 aromatic carbocycles. The summed E-state index contributed by atoms with van der Waals surface area (Å²) in [6.07, 6.45) is 3.09. The minimum absolute atomic E-state index is 0.261. The van der Waals surface area contributed by atoms with Crippen LogP contribution >= 0.6 is 22.9 Å². The predicted octanol–water partition coefficient (Wildman–Crippen LogP) is 5.50. The summed E-state index contributed by atoms with van der Waals surface area (Å²) in [7, 11) is 0. The number of fused-ring (bicyclic) bond motifs is 1. The van der Waals surface area contributed by atoms with Crippen molar-refractivity contribution in [3.63, 3.8) is 0 Å². The van der Waals surface area contributed by atoms with E-state index in [2.05, 4.69) is 20.8 Å². The highest BCUT2D eigenvalue weighted by atomic mass is 35.5. The molecule has 0 atom stereocenters. The van der Waals surface area contributed by atoms with Crippen molar-refractivity contribution < 1.29 is 14.0 Å². The number of hydrogen-bond acceptors (Lipinski definition) is 5. The van der Waals surface area contributed by atoms with Crippen LogP contribution in [0.5, 0.6) is 0 Å². The number of nitrogens with one attached hydrogen (secondary N) is 2. The average Bonchev–Trinajstić information content (AvgIpc) is 3.13. The number of carbonyl (C=O) groups is 2. The van der Waals surface area contributed by atoms with Crippen molar-refractivity contribution in [3.8, 4) is 0 Å². The first-order valence-corrected chi connectivity index (χ1v) is 10.7. The van der Waals surface area contributed by atoms with Gasteiger partial charge in [-0.25, -0.2) is 9.82 Å². The van der Waals surface area contributed by atoms with Gasteiger partial charge in [0.2, 0.25) is 0 Å². The number of hydrogen-bond donors (Lipinski definition) is 2. The third kappa shape index (κ3) is 4.66. The van der Waals surface area contributed by atoms with Gasteiger partial charge in [0, 0.05) is 28.2 Å². The Morgan fingerprint density at radius 1 is 1.06 bits per heavy atom. The first-order valence-electron chi connectivity index (χ1n) is 9.46. The Balaban J connectivity index is 1.43. The molecule has 2 heterocycles. The molecular weight excluding hydrogens is 451 g/mol. The summed E-state index contributed by atoms with van der Waals surface area (Å²) in [6.45, 7) is 1.74. The van der Waals surface area contributed by atoms with E-state index < -0.39 is 11.7 Å². The number of nitrogens with zero attached hydrogens (tertiary/aromatic N) is 2. The van der Waals surface area contributed by atoms with Crippen LogP contribution in [0.15, 0.2) is 72.1 Å². The van der Waals surface area contributed by atoms with Gasteiger partial charge in [-0.2, -0.15) is 5.10 Å². The van der Waals surface area contributed by atoms with E-state index in [1.165, 1.54) is 18.3 Å². The maximum Gasteiger partial charge on any atom is 0.283 e. The Kier molecular flexibility index (Phi) is 6.25. The molecule has 9 heteroatoms. The molecule has 0 radical (unpaired) electrons. The quantitative estimate of drug-likeness (QED) is 0.301. The molecule has 0 saturated carbocycles. The van der Waals surface area contributed by atoms with Gasteiger partial charge in [-0.3, -0.25) is 14.6 Å². The second kappa shape index (κ2) is 9.25. The van der Waals surface area contributed by atoms with Crippen LogP contribution in [0.4, 0.5) is 10.1 Å². The van der Waals surface area contributed by atoms with Crippen LogP contribution in [0.2, 0.25) is 5.02 Å². The zero-order valence-electron chi connectivity index (χ0n) is 16.7. The van der Waals surface area contributed by atoms with Crippen molar-refractivity contribution in [1.29, 1.82) is 0 Å². The van der Waals surface area contributed by atoms with Crippen molar-refractivity contribution in [1.82, 2.24) is 10.4 Å². The van der Waals surface area contributed by atoms with Gasteiger partial charge in [0.1, 0.15) is 10.7 Å². The van der Waals surface area contributed by atoms with Crippen LogP contribution in [0.3, 0.4) is 0 Å². The number of rotatable bonds is 5. The number of hydrazone groups is 1. The monoisotopic (exact) mass is 466 g/mol. The van der Waals surface area contributed by atoms with Crippen molar-refractivity contribution in [2.24, 2.45) is 5.10 Å². The van der Waals surface area contributed by atoms with E-state index in [1.54, 1.807) is 55.6 Å². The standard InChI is InChI=1S/C23H16ClFN4O2S/c1-13(14-4-7-17(8-5-14)27-22(30)15-3-2-10-26-12-15)28-29-23(31)21-20(24)18-9-6-16(25)11-19(18)32-21/h2-12H,1H3,(H,27,30)(H,29,31). The normalized spacial score (nSPS) is 11.4. The lowest BCUT2D eigenvalue weighted by Crippen LogP contribution is -2.18. The topological polar surface area (TPSA) is 83.5 Å². The second-order valence-corrected chi connectivity index (χ2v) is 8.23. The van der Waals surface area contributed by atoms with Gasteiger partial charge in [0.05, 0.1) is 16.3 Å². The fourth-order valence-corrected chi connectivity index (χ4v) is 4.36. The molecule has 0 spiro atoms. The summed E-state index contributed by atoms with van der Waals surface area (Å²) in [6, 6.07) is 14.6. The van der Waals surface area contributed by atoms with Gasteiger partial charge >= 0.3 is 0 Å². The predicted molar refractivity (Wildman–Crippen MR) is 125 cm³/mol. The van der Waals surface area contributed by atoms with Crippen molar-refractivity contribution in [2.45, 2.75) is 6.92 Å². The van der Waals surface area contributed by atoms with E-state index in [0.29, 0.717) is 27.0 Å². The number of carbonyl (C=O) groups excluding carboxylic acids is 2. The van der Waals surface area contributed by atoms with Crippen LogP contribution in [0.25, 0.3) is 10.1 Å². The summed E-state index contributed by atoms with van der Waals surface area (Å²) >= 11 is 7.38. The first kappa shape index (κ1) is 21.6. The smallest absolute Gasteiger partial charge is 0.283 e.